The van der Waals surface area contributed by atoms with E-state index in [1.54, 1.807) is 44.3 Å². The molecule has 17 heavy (non-hydrogen) atoms. The summed E-state index contributed by atoms with van der Waals surface area (Å²) in [5.74, 6) is -0.209. The summed E-state index contributed by atoms with van der Waals surface area (Å²) >= 11 is 5.90. The molecule has 0 aliphatic carbocycles. The maximum Gasteiger partial charge on any atom is 0.321 e. The summed E-state index contributed by atoms with van der Waals surface area (Å²) in [6, 6.07) is 4.60. The van der Waals surface area contributed by atoms with Crippen LogP contribution in [0.2, 0.25) is 5.02 Å². The first-order valence-corrected chi connectivity index (χ1v) is 5.55. The van der Waals surface area contributed by atoms with E-state index in [0.29, 0.717) is 17.2 Å². The monoisotopic (exact) mass is 257 g/mol. The van der Waals surface area contributed by atoms with Crippen molar-refractivity contribution in [3.05, 3.63) is 28.8 Å². The van der Waals surface area contributed by atoms with E-state index >= 15 is 0 Å². The van der Waals surface area contributed by atoms with Crippen molar-refractivity contribution in [1.29, 1.82) is 0 Å². The van der Waals surface area contributed by atoms with Gasteiger partial charge in [0, 0.05) is 11.4 Å². The Morgan fingerprint density at radius 3 is 2.65 bits per heavy atom. The second-order valence-electron chi connectivity index (χ2n) is 3.98. The van der Waals surface area contributed by atoms with Gasteiger partial charge >= 0.3 is 5.97 Å². The number of carboxylic acid groups (broad SMARTS) is 1. The molecular formula is C12H16ClNO3. The van der Waals surface area contributed by atoms with E-state index in [1.165, 1.54) is 0 Å². The van der Waals surface area contributed by atoms with Gasteiger partial charge in [-0.2, -0.15) is 0 Å². The van der Waals surface area contributed by atoms with Crippen LogP contribution in [0.5, 0.6) is 5.75 Å². The van der Waals surface area contributed by atoms with Gasteiger partial charge < -0.3 is 9.84 Å². The SMILES string of the molecule is COc1ccc(Cl)cc1C[C@H](C(=O)O)N(C)C. The number of hydrogen-bond acceptors (Lipinski definition) is 3. The minimum Gasteiger partial charge on any atom is -0.496 e. The molecule has 0 radical (unpaired) electrons. The predicted molar refractivity (Wildman–Crippen MR) is 66.8 cm³/mol. The third-order valence-electron chi connectivity index (χ3n) is 2.56. The zero-order chi connectivity index (χ0) is 13.0. The molecule has 0 unspecified atom stereocenters. The number of halogens is 1. The molecule has 1 aromatic rings. The van der Waals surface area contributed by atoms with Gasteiger partial charge in [0.25, 0.3) is 0 Å². The molecule has 0 saturated carbocycles. The van der Waals surface area contributed by atoms with Crippen LogP contribution in [0.3, 0.4) is 0 Å². The molecule has 0 saturated heterocycles. The van der Waals surface area contributed by atoms with Crippen LogP contribution in [0.25, 0.3) is 0 Å². The van der Waals surface area contributed by atoms with Crippen molar-refractivity contribution < 1.29 is 14.6 Å². The number of likely N-dealkylation sites (N-methyl/N-ethyl adjacent to an activating group) is 1. The van der Waals surface area contributed by atoms with E-state index in [0.717, 1.165) is 5.56 Å². The average molecular weight is 258 g/mol. The van der Waals surface area contributed by atoms with Gasteiger partial charge in [0.2, 0.25) is 0 Å². The molecule has 0 spiro atoms. The van der Waals surface area contributed by atoms with Crippen LogP contribution >= 0.6 is 11.6 Å². The lowest BCUT2D eigenvalue weighted by Crippen LogP contribution is -2.37. The first kappa shape index (κ1) is 13.8. The Morgan fingerprint density at radius 2 is 2.18 bits per heavy atom. The fourth-order valence-corrected chi connectivity index (χ4v) is 1.80. The molecule has 1 atom stereocenters. The van der Waals surface area contributed by atoms with Crippen molar-refractivity contribution in [3.63, 3.8) is 0 Å². The topological polar surface area (TPSA) is 49.8 Å². The maximum atomic E-state index is 11.1. The van der Waals surface area contributed by atoms with Gasteiger partial charge in [-0.1, -0.05) is 11.6 Å². The summed E-state index contributed by atoms with van der Waals surface area (Å²) in [5, 5.41) is 9.70. The first-order chi connectivity index (χ1) is 7.95. The highest BCUT2D eigenvalue weighted by molar-refractivity contribution is 6.30. The van der Waals surface area contributed by atoms with Crippen molar-refractivity contribution in [1.82, 2.24) is 4.90 Å². The second kappa shape index (κ2) is 5.89. The fraction of sp³-hybridized carbons (Fsp3) is 0.417. The number of carbonyl (C=O) groups is 1. The average Bonchev–Trinajstić information content (AvgIpc) is 2.25. The molecule has 0 aliphatic rings. The molecule has 94 valence electrons. The van der Waals surface area contributed by atoms with Crippen molar-refractivity contribution in [2.24, 2.45) is 0 Å². The molecule has 4 nitrogen and oxygen atoms in total. The van der Waals surface area contributed by atoms with Crippen LogP contribution in [0, 0.1) is 0 Å². The summed E-state index contributed by atoms with van der Waals surface area (Å²) in [4.78, 5) is 12.8. The summed E-state index contributed by atoms with van der Waals surface area (Å²) < 4.78 is 5.19. The number of rotatable bonds is 5. The molecule has 1 rings (SSSR count). The van der Waals surface area contributed by atoms with E-state index in [1.807, 2.05) is 0 Å². The van der Waals surface area contributed by atoms with Crippen molar-refractivity contribution in [3.8, 4) is 5.75 Å². The Bertz CT molecular complexity index is 407. The molecule has 1 aromatic carbocycles. The van der Waals surface area contributed by atoms with Gasteiger partial charge in [-0.3, -0.25) is 9.69 Å². The number of methoxy groups -OCH3 is 1. The lowest BCUT2D eigenvalue weighted by atomic mass is 10.0. The number of nitrogens with zero attached hydrogens (tertiary/aromatic N) is 1. The zero-order valence-electron chi connectivity index (χ0n) is 10.1. The molecule has 0 heterocycles. The minimum atomic E-state index is -0.864. The number of carboxylic acids is 1. The van der Waals surface area contributed by atoms with Crippen LogP contribution in [-0.4, -0.2) is 43.2 Å². The lowest BCUT2D eigenvalue weighted by molar-refractivity contribution is -0.142. The van der Waals surface area contributed by atoms with Crippen molar-refractivity contribution in [2.75, 3.05) is 21.2 Å². The van der Waals surface area contributed by atoms with E-state index in [2.05, 4.69) is 0 Å². The van der Waals surface area contributed by atoms with Gasteiger partial charge in [-0.15, -0.1) is 0 Å². The van der Waals surface area contributed by atoms with Gasteiger partial charge in [-0.25, -0.2) is 0 Å². The highest BCUT2D eigenvalue weighted by atomic mass is 35.5. The minimum absolute atomic E-state index is 0.353. The predicted octanol–water partition coefficient (Wildman–Crippen LogP) is 1.91. The molecule has 1 N–H and O–H groups in total. The second-order valence-corrected chi connectivity index (χ2v) is 4.41. The van der Waals surface area contributed by atoms with Gasteiger partial charge in [0.05, 0.1) is 7.11 Å². The van der Waals surface area contributed by atoms with Crippen LogP contribution in [0.15, 0.2) is 18.2 Å². The Morgan fingerprint density at radius 1 is 1.53 bits per heavy atom. The zero-order valence-corrected chi connectivity index (χ0v) is 10.9. The van der Waals surface area contributed by atoms with E-state index < -0.39 is 12.0 Å². The number of benzene rings is 1. The molecule has 0 aromatic heterocycles. The summed E-state index contributed by atoms with van der Waals surface area (Å²) in [7, 11) is 5.02. The van der Waals surface area contributed by atoms with Crippen LogP contribution in [-0.2, 0) is 11.2 Å². The van der Waals surface area contributed by atoms with Crippen molar-refractivity contribution in [2.45, 2.75) is 12.5 Å². The van der Waals surface area contributed by atoms with Gasteiger partial charge in [0.15, 0.2) is 0 Å². The number of hydrogen-bond donors (Lipinski definition) is 1. The molecule has 0 bridgehead atoms. The van der Waals surface area contributed by atoms with E-state index in [-0.39, 0.29) is 0 Å². The molecule has 5 heteroatoms. The van der Waals surface area contributed by atoms with Crippen LogP contribution in [0.4, 0.5) is 0 Å². The van der Waals surface area contributed by atoms with Crippen LogP contribution < -0.4 is 4.74 Å². The lowest BCUT2D eigenvalue weighted by Gasteiger charge is -2.21. The van der Waals surface area contributed by atoms with Gasteiger partial charge in [0.1, 0.15) is 11.8 Å². The molecular weight excluding hydrogens is 242 g/mol. The van der Waals surface area contributed by atoms with E-state index in [4.69, 9.17) is 21.4 Å². The molecule has 0 amide bonds. The quantitative estimate of drug-likeness (QED) is 0.875. The van der Waals surface area contributed by atoms with E-state index in [9.17, 15) is 4.79 Å². The highest BCUT2D eigenvalue weighted by Crippen LogP contribution is 2.24. The molecule has 0 aliphatic heterocycles. The number of aliphatic carboxylic acids is 1. The molecule has 0 fully saturated rings. The van der Waals surface area contributed by atoms with Gasteiger partial charge in [-0.05, 0) is 37.9 Å². The third kappa shape index (κ3) is 3.61. The highest BCUT2D eigenvalue weighted by Gasteiger charge is 2.21. The normalized spacial score (nSPS) is 12.5. The smallest absolute Gasteiger partial charge is 0.321 e. The number of ether oxygens (including phenoxy) is 1. The summed E-state index contributed by atoms with van der Waals surface area (Å²) in [5.41, 5.74) is 0.793. The Balaban J connectivity index is 2.99. The fourth-order valence-electron chi connectivity index (χ4n) is 1.61. The largest absolute Gasteiger partial charge is 0.496 e. The first-order valence-electron chi connectivity index (χ1n) is 5.17. The standard InChI is InChI=1S/C12H16ClNO3/c1-14(2)10(12(15)16)7-8-6-9(13)4-5-11(8)17-3/h4-6,10H,7H2,1-3H3,(H,15,16)/t10-/m1/s1. The van der Waals surface area contributed by atoms with Crippen LogP contribution in [0.1, 0.15) is 5.56 Å². The summed E-state index contributed by atoms with van der Waals surface area (Å²) in [6.07, 6.45) is 0.353. The Kier molecular flexibility index (Phi) is 4.78. The Hall–Kier alpha value is -1.26. The summed E-state index contributed by atoms with van der Waals surface area (Å²) in [6.45, 7) is 0. The maximum absolute atomic E-state index is 11.1. The van der Waals surface area contributed by atoms with Crippen molar-refractivity contribution >= 4 is 17.6 Å². The third-order valence-corrected chi connectivity index (χ3v) is 2.80. The Labute approximate surface area is 106 Å².